The van der Waals surface area contributed by atoms with Crippen LogP contribution in [0.1, 0.15) is 36.7 Å². The molecule has 0 atom stereocenters. The minimum atomic E-state index is -1.30. The summed E-state index contributed by atoms with van der Waals surface area (Å²) < 4.78 is 5.05. The average molecular weight is 277 g/mol. The van der Waals surface area contributed by atoms with Gasteiger partial charge in [-0.05, 0) is 17.0 Å². The Morgan fingerprint density at radius 1 is 1.50 bits per heavy atom. The minimum absolute atomic E-state index is 0.240. The molecule has 0 saturated heterocycles. The molecule has 0 aliphatic rings. The predicted molar refractivity (Wildman–Crippen MR) is 73.1 cm³/mol. The molecule has 0 bridgehead atoms. The van der Waals surface area contributed by atoms with E-state index in [4.69, 9.17) is 11.2 Å². The number of nitrogens with zero attached hydrogens (tertiary/aromatic N) is 1. The molecule has 6 nitrogen and oxygen atoms in total. The van der Waals surface area contributed by atoms with Crippen molar-refractivity contribution in [2.45, 2.75) is 26.2 Å². The first-order valence-corrected chi connectivity index (χ1v) is 5.81. The lowest BCUT2D eigenvalue weighted by Gasteiger charge is -2.20. The van der Waals surface area contributed by atoms with Gasteiger partial charge in [0.05, 0.1) is 4.92 Å². The van der Waals surface area contributed by atoms with Gasteiger partial charge in [0.25, 0.3) is 0 Å². The number of hydrogen-bond donors (Lipinski definition) is 1. The lowest BCUT2D eigenvalue weighted by molar-refractivity contribution is -0.385. The maximum Gasteiger partial charge on any atom is 0.339 e. The van der Waals surface area contributed by atoms with Crippen LogP contribution in [0.3, 0.4) is 0 Å². The number of hydrogen-bond acceptors (Lipinski definition) is 4. The van der Waals surface area contributed by atoms with Gasteiger partial charge in [0, 0.05) is 6.07 Å². The number of nitro groups is 1. The molecule has 106 valence electrons. The number of benzene rings is 1. The molecule has 0 heterocycles. The molecule has 0 aliphatic carbocycles. The summed E-state index contributed by atoms with van der Waals surface area (Å²) in [4.78, 5) is 21.7. The number of ether oxygens (including phenoxy) is 1. The van der Waals surface area contributed by atoms with Crippen LogP contribution in [0.5, 0.6) is 5.75 Å². The average Bonchev–Trinajstić information content (AvgIpc) is 2.33. The lowest BCUT2D eigenvalue weighted by atomic mass is 9.85. The number of aromatic carboxylic acids is 1. The van der Waals surface area contributed by atoms with Crippen molar-refractivity contribution in [2.24, 2.45) is 0 Å². The molecule has 0 amide bonds. The van der Waals surface area contributed by atoms with E-state index in [0.717, 1.165) is 0 Å². The van der Waals surface area contributed by atoms with Gasteiger partial charge in [-0.3, -0.25) is 10.1 Å². The summed E-state index contributed by atoms with van der Waals surface area (Å²) >= 11 is 0. The first kappa shape index (κ1) is 15.5. The van der Waals surface area contributed by atoms with Crippen LogP contribution in [-0.2, 0) is 5.41 Å². The molecule has 0 saturated carbocycles. The number of nitro benzene ring substituents is 1. The topological polar surface area (TPSA) is 89.7 Å². The van der Waals surface area contributed by atoms with Gasteiger partial charge in [0.2, 0.25) is 5.75 Å². The van der Waals surface area contributed by atoms with E-state index in [9.17, 15) is 20.0 Å². The number of terminal acetylenes is 1. The first-order valence-electron chi connectivity index (χ1n) is 5.81. The molecule has 20 heavy (non-hydrogen) atoms. The van der Waals surface area contributed by atoms with Crippen LogP contribution in [0, 0.1) is 22.5 Å². The van der Waals surface area contributed by atoms with Crippen molar-refractivity contribution in [3.8, 4) is 18.1 Å². The second-order valence-electron chi connectivity index (χ2n) is 5.18. The quantitative estimate of drug-likeness (QED) is 0.519. The normalized spacial score (nSPS) is 10.7. The molecule has 0 spiro atoms. The van der Waals surface area contributed by atoms with Crippen LogP contribution in [0.2, 0.25) is 0 Å². The third-order valence-corrected chi connectivity index (χ3v) is 2.66. The summed E-state index contributed by atoms with van der Waals surface area (Å²) in [5.74, 6) is 0.544. The number of carbonyl (C=O) groups is 1. The molecule has 6 heteroatoms. The molecule has 1 rings (SSSR count). The Morgan fingerprint density at radius 2 is 2.10 bits per heavy atom. The fourth-order valence-corrected chi connectivity index (χ4v) is 1.61. The van der Waals surface area contributed by atoms with Crippen LogP contribution in [0.4, 0.5) is 5.69 Å². The summed E-state index contributed by atoms with van der Waals surface area (Å²) in [5.41, 5.74) is -0.557. The molecule has 0 unspecified atom stereocenters. The monoisotopic (exact) mass is 277 g/mol. The summed E-state index contributed by atoms with van der Waals surface area (Å²) in [5, 5.41) is 20.3. The van der Waals surface area contributed by atoms with Gasteiger partial charge in [-0.1, -0.05) is 26.7 Å². The smallest absolute Gasteiger partial charge is 0.339 e. The highest BCUT2D eigenvalue weighted by Gasteiger charge is 2.28. The van der Waals surface area contributed by atoms with E-state index in [1.54, 1.807) is 0 Å². The molecular formula is C14H15NO5. The van der Waals surface area contributed by atoms with E-state index in [0.29, 0.717) is 5.56 Å². The Hall–Kier alpha value is -2.55. The Morgan fingerprint density at radius 3 is 2.50 bits per heavy atom. The maximum atomic E-state index is 11.3. The standard InChI is InChI=1S/C14H15NO5/c1-5-6-20-12-10(13(16)17)7-9(14(2,3)4)8-11(12)15(18)19/h1,7-8H,6H2,2-4H3,(H,16,17). The van der Waals surface area contributed by atoms with Crippen LogP contribution in [-0.4, -0.2) is 22.6 Å². The Bertz CT molecular complexity index is 558. The van der Waals surface area contributed by atoms with E-state index >= 15 is 0 Å². The SMILES string of the molecule is C#CCOc1c(C(=O)O)cc(C(C)(C)C)cc1[N+](=O)[O-]. The van der Waals surface area contributed by atoms with E-state index in [1.807, 2.05) is 20.8 Å². The molecule has 1 aromatic carbocycles. The fourth-order valence-electron chi connectivity index (χ4n) is 1.61. The molecule has 1 N–H and O–H groups in total. The van der Waals surface area contributed by atoms with E-state index in [2.05, 4.69) is 5.92 Å². The highest BCUT2D eigenvalue weighted by molar-refractivity contribution is 5.93. The second-order valence-corrected chi connectivity index (χ2v) is 5.18. The Kier molecular flexibility index (Phi) is 4.35. The van der Waals surface area contributed by atoms with E-state index < -0.39 is 22.0 Å². The summed E-state index contributed by atoms with van der Waals surface area (Å²) in [6, 6.07) is 2.69. The van der Waals surface area contributed by atoms with Crippen molar-refractivity contribution in [3.63, 3.8) is 0 Å². The van der Waals surface area contributed by atoms with Crippen LogP contribution < -0.4 is 4.74 Å². The van der Waals surface area contributed by atoms with Gasteiger partial charge in [0.15, 0.2) is 0 Å². The molecule has 0 fully saturated rings. The zero-order chi connectivity index (χ0) is 15.5. The molecular weight excluding hydrogens is 262 g/mol. The van der Waals surface area contributed by atoms with Crippen molar-refractivity contribution >= 4 is 11.7 Å². The highest BCUT2D eigenvalue weighted by atomic mass is 16.6. The Labute approximate surface area is 116 Å². The molecule has 0 aliphatic heterocycles. The largest absolute Gasteiger partial charge is 0.478 e. The van der Waals surface area contributed by atoms with E-state index in [1.165, 1.54) is 12.1 Å². The van der Waals surface area contributed by atoms with Crippen molar-refractivity contribution in [3.05, 3.63) is 33.4 Å². The first-order chi connectivity index (χ1) is 9.18. The van der Waals surface area contributed by atoms with Gasteiger partial charge >= 0.3 is 11.7 Å². The third kappa shape index (κ3) is 3.26. The third-order valence-electron chi connectivity index (χ3n) is 2.66. The lowest BCUT2D eigenvalue weighted by Crippen LogP contribution is -2.15. The molecule has 0 radical (unpaired) electrons. The van der Waals surface area contributed by atoms with Crippen molar-refractivity contribution in [1.29, 1.82) is 0 Å². The number of carboxylic acids is 1. The van der Waals surface area contributed by atoms with Crippen LogP contribution in [0.25, 0.3) is 0 Å². The van der Waals surface area contributed by atoms with Gasteiger partial charge in [-0.15, -0.1) is 6.42 Å². The zero-order valence-corrected chi connectivity index (χ0v) is 11.5. The Balaban J connectivity index is 3.60. The summed E-state index contributed by atoms with van der Waals surface area (Å²) in [7, 11) is 0. The van der Waals surface area contributed by atoms with Crippen molar-refractivity contribution in [2.75, 3.05) is 6.61 Å². The van der Waals surface area contributed by atoms with Crippen LogP contribution in [0.15, 0.2) is 12.1 Å². The fraction of sp³-hybridized carbons (Fsp3) is 0.357. The second kappa shape index (κ2) is 5.61. The number of rotatable bonds is 4. The van der Waals surface area contributed by atoms with Crippen LogP contribution >= 0.6 is 0 Å². The molecule has 0 aromatic heterocycles. The zero-order valence-electron chi connectivity index (χ0n) is 11.5. The van der Waals surface area contributed by atoms with Crippen molar-refractivity contribution in [1.82, 2.24) is 0 Å². The number of carboxylic acid groups (broad SMARTS) is 1. The molecule has 1 aromatic rings. The van der Waals surface area contributed by atoms with E-state index in [-0.39, 0.29) is 17.9 Å². The summed E-state index contributed by atoms with van der Waals surface area (Å²) in [6.07, 6.45) is 5.04. The van der Waals surface area contributed by atoms with Gasteiger partial charge < -0.3 is 9.84 Å². The van der Waals surface area contributed by atoms with Gasteiger partial charge in [-0.25, -0.2) is 4.79 Å². The van der Waals surface area contributed by atoms with Crippen molar-refractivity contribution < 1.29 is 19.6 Å². The van der Waals surface area contributed by atoms with Gasteiger partial charge in [0.1, 0.15) is 12.2 Å². The highest BCUT2D eigenvalue weighted by Crippen LogP contribution is 2.36. The maximum absolute atomic E-state index is 11.3. The summed E-state index contributed by atoms with van der Waals surface area (Å²) in [6.45, 7) is 5.26. The minimum Gasteiger partial charge on any atom is -0.478 e. The van der Waals surface area contributed by atoms with Gasteiger partial charge in [-0.2, -0.15) is 0 Å². The predicted octanol–water partition coefficient (Wildman–Crippen LogP) is 2.60.